The minimum atomic E-state index is -3.98. The van der Waals surface area contributed by atoms with Gasteiger partial charge in [0.05, 0.1) is 17.6 Å². The zero-order valence-corrected chi connectivity index (χ0v) is 13.1. The van der Waals surface area contributed by atoms with Gasteiger partial charge in [-0.1, -0.05) is 19.9 Å². The van der Waals surface area contributed by atoms with Crippen molar-refractivity contribution in [2.75, 3.05) is 7.11 Å². The van der Waals surface area contributed by atoms with E-state index >= 15 is 0 Å². The molecule has 0 spiro atoms. The summed E-state index contributed by atoms with van der Waals surface area (Å²) in [6, 6.07) is 5.33. The Morgan fingerprint density at radius 1 is 1.29 bits per heavy atom. The van der Waals surface area contributed by atoms with Crippen molar-refractivity contribution in [3.05, 3.63) is 29.8 Å². The van der Waals surface area contributed by atoms with Crippen molar-refractivity contribution < 1.29 is 22.7 Å². The van der Waals surface area contributed by atoms with Crippen LogP contribution in [-0.4, -0.2) is 27.4 Å². The van der Waals surface area contributed by atoms with Crippen molar-refractivity contribution in [2.45, 2.75) is 31.6 Å². The Bertz CT molecular complexity index is 622. The van der Waals surface area contributed by atoms with Crippen LogP contribution in [-0.2, 0) is 19.6 Å². The number of benzene rings is 1. The lowest BCUT2D eigenvalue weighted by Gasteiger charge is -2.09. The molecule has 7 heteroatoms. The molecule has 0 fully saturated rings. The monoisotopic (exact) mass is 313 g/mol. The summed E-state index contributed by atoms with van der Waals surface area (Å²) in [5.41, 5.74) is 0.106. The molecule has 21 heavy (non-hydrogen) atoms. The number of esters is 1. The van der Waals surface area contributed by atoms with Crippen LogP contribution < -0.4 is 4.72 Å². The van der Waals surface area contributed by atoms with Gasteiger partial charge in [0, 0.05) is 6.42 Å². The highest BCUT2D eigenvalue weighted by Gasteiger charge is 2.19. The van der Waals surface area contributed by atoms with Crippen LogP contribution in [0.4, 0.5) is 0 Å². The first-order chi connectivity index (χ1) is 9.76. The summed E-state index contributed by atoms with van der Waals surface area (Å²) in [6.45, 7) is 3.89. The average molecular weight is 313 g/mol. The van der Waals surface area contributed by atoms with Gasteiger partial charge in [-0.25, -0.2) is 17.9 Å². The Balaban J connectivity index is 2.88. The molecule has 0 unspecified atom stereocenters. The molecule has 0 saturated carbocycles. The molecule has 0 aliphatic rings. The van der Waals surface area contributed by atoms with Crippen LogP contribution in [0.25, 0.3) is 0 Å². The molecule has 0 heterocycles. The third kappa shape index (κ3) is 5.18. The molecule has 1 aromatic carbocycles. The maximum Gasteiger partial charge on any atom is 0.337 e. The average Bonchev–Trinajstić information content (AvgIpc) is 2.44. The van der Waals surface area contributed by atoms with E-state index < -0.39 is 21.9 Å². The van der Waals surface area contributed by atoms with Crippen molar-refractivity contribution in [2.24, 2.45) is 5.92 Å². The second-order valence-corrected chi connectivity index (χ2v) is 6.66. The normalized spacial score (nSPS) is 11.2. The van der Waals surface area contributed by atoms with Crippen LogP contribution in [0.5, 0.6) is 0 Å². The maximum atomic E-state index is 12.1. The van der Waals surface area contributed by atoms with E-state index in [0.29, 0.717) is 12.3 Å². The van der Waals surface area contributed by atoms with Gasteiger partial charge in [-0.05, 0) is 30.5 Å². The zero-order chi connectivity index (χ0) is 16.0. The molecule has 0 atom stereocenters. The zero-order valence-electron chi connectivity index (χ0n) is 12.3. The van der Waals surface area contributed by atoms with Gasteiger partial charge in [0.2, 0.25) is 5.91 Å². The Morgan fingerprint density at radius 2 is 1.95 bits per heavy atom. The van der Waals surface area contributed by atoms with Crippen molar-refractivity contribution >= 4 is 21.9 Å². The Morgan fingerprint density at radius 3 is 2.52 bits per heavy atom. The lowest BCUT2D eigenvalue weighted by molar-refractivity contribution is -0.119. The highest BCUT2D eigenvalue weighted by molar-refractivity contribution is 7.90. The van der Waals surface area contributed by atoms with Gasteiger partial charge in [-0.15, -0.1) is 0 Å². The van der Waals surface area contributed by atoms with Gasteiger partial charge in [-0.3, -0.25) is 4.79 Å². The lowest BCUT2D eigenvalue weighted by atomic mass is 10.1. The molecule has 1 N–H and O–H groups in total. The van der Waals surface area contributed by atoms with Crippen molar-refractivity contribution in [1.82, 2.24) is 4.72 Å². The molecule has 0 radical (unpaired) electrons. The standard InChI is InChI=1S/C14H19NO5S/c1-10(2)7-8-13(16)15-21(18,19)12-6-4-5-11(9-12)14(17)20-3/h4-6,9-10H,7-8H2,1-3H3,(H,15,16). The number of hydrogen-bond acceptors (Lipinski definition) is 5. The first-order valence-corrected chi connectivity index (χ1v) is 7.98. The summed E-state index contributed by atoms with van der Waals surface area (Å²) in [7, 11) is -2.77. The molecular formula is C14H19NO5S. The number of methoxy groups -OCH3 is 1. The highest BCUT2D eigenvalue weighted by atomic mass is 32.2. The largest absolute Gasteiger partial charge is 0.465 e. The Kier molecular flexibility index (Phi) is 5.90. The second kappa shape index (κ2) is 7.21. The van der Waals surface area contributed by atoms with Crippen molar-refractivity contribution in [3.8, 4) is 0 Å². The summed E-state index contributed by atoms with van der Waals surface area (Å²) in [5.74, 6) is -0.897. The Labute approximate surface area is 124 Å². The predicted octanol–water partition coefficient (Wildman–Crippen LogP) is 1.71. The molecule has 0 aromatic heterocycles. The molecular weight excluding hydrogens is 294 g/mol. The number of hydrogen-bond donors (Lipinski definition) is 1. The first kappa shape index (κ1) is 17.2. The van der Waals surface area contributed by atoms with Crippen LogP contribution in [0, 0.1) is 5.92 Å². The van der Waals surface area contributed by atoms with Gasteiger partial charge < -0.3 is 4.74 Å². The third-order valence-electron chi connectivity index (χ3n) is 2.76. The molecule has 0 bridgehead atoms. The highest BCUT2D eigenvalue weighted by Crippen LogP contribution is 2.13. The minimum Gasteiger partial charge on any atom is -0.465 e. The number of sulfonamides is 1. The smallest absolute Gasteiger partial charge is 0.337 e. The fourth-order valence-corrected chi connectivity index (χ4v) is 2.65. The maximum absolute atomic E-state index is 12.1. The van der Waals surface area contributed by atoms with Crippen LogP contribution in [0.15, 0.2) is 29.2 Å². The van der Waals surface area contributed by atoms with Crippen LogP contribution in [0.2, 0.25) is 0 Å². The summed E-state index contributed by atoms with van der Waals surface area (Å²) in [5, 5.41) is 0. The molecule has 0 saturated heterocycles. The van der Waals surface area contributed by atoms with E-state index in [1.165, 1.54) is 31.4 Å². The molecule has 1 aromatic rings. The molecule has 1 amide bonds. The SMILES string of the molecule is COC(=O)c1cccc(S(=O)(=O)NC(=O)CCC(C)C)c1. The van der Waals surface area contributed by atoms with Crippen molar-refractivity contribution in [1.29, 1.82) is 0 Å². The van der Waals surface area contributed by atoms with Gasteiger partial charge in [0.1, 0.15) is 0 Å². The van der Waals surface area contributed by atoms with E-state index in [0.717, 1.165) is 0 Å². The van der Waals surface area contributed by atoms with Crippen LogP contribution in [0.3, 0.4) is 0 Å². The molecule has 1 rings (SSSR count). The van der Waals surface area contributed by atoms with Crippen LogP contribution >= 0.6 is 0 Å². The number of carbonyl (C=O) groups is 2. The van der Waals surface area contributed by atoms with Gasteiger partial charge in [-0.2, -0.15) is 0 Å². The fraction of sp³-hybridized carbons (Fsp3) is 0.429. The molecule has 6 nitrogen and oxygen atoms in total. The quantitative estimate of drug-likeness (QED) is 0.808. The Hall–Kier alpha value is -1.89. The molecule has 0 aliphatic carbocycles. The molecule has 116 valence electrons. The first-order valence-electron chi connectivity index (χ1n) is 6.50. The van der Waals surface area contributed by atoms with E-state index in [1.54, 1.807) is 0 Å². The van der Waals surface area contributed by atoms with E-state index in [-0.39, 0.29) is 16.9 Å². The minimum absolute atomic E-state index is 0.106. The fourth-order valence-electron chi connectivity index (χ4n) is 1.59. The van der Waals surface area contributed by atoms with Gasteiger partial charge >= 0.3 is 5.97 Å². The summed E-state index contributed by atoms with van der Waals surface area (Å²) in [4.78, 5) is 22.9. The number of rotatable bonds is 6. The van der Waals surface area contributed by atoms with E-state index in [2.05, 4.69) is 4.74 Å². The second-order valence-electron chi connectivity index (χ2n) is 4.98. The summed E-state index contributed by atoms with van der Waals surface area (Å²) >= 11 is 0. The third-order valence-corrected chi connectivity index (χ3v) is 4.13. The van der Waals surface area contributed by atoms with Crippen LogP contribution in [0.1, 0.15) is 37.0 Å². The summed E-state index contributed by atoms with van der Waals surface area (Å²) < 4.78 is 30.7. The van der Waals surface area contributed by atoms with E-state index in [4.69, 9.17) is 0 Å². The lowest BCUT2D eigenvalue weighted by Crippen LogP contribution is -2.30. The topological polar surface area (TPSA) is 89.5 Å². The van der Waals surface area contributed by atoms with Gasteiger partial charge in [0.15, 0.2) is 0 Å². The number of amides is 1. The van der Waals surface area contributed by atoms with E-state index in [9.17, 15) is 18.0 Å². The molecule has 0 aliphatic heterocycles. The predicted molar refractivity (Wildman–Crippen MR) is 77.2 cm³/mol. The summed E-state index contributed by atoms with van der Waals surface area (Å²) in [6.07, 6.45) is 0.733. The number of carbonyl (C=O) groups excluding carboxylic acids is 2. The number of ether oxygens (including phenoxy) is 1. The van der Waals surface area contributed by atoms with E-state index in [1.807, 2.05) is 18.6 Å². The van der Waals surface area contributed by atoms with Gasteiger partial charge in [0.25, 0.3) is 10.0 Å². The van der Waals surface area contributed by atoms with Crippen molar-refractivity contribution in [3.63, 3.8) is 0 Å². The number of nitrogens with one attached hydrogen (secondary N) is 1.